The second-order valence-corrected chi connectivity index (χ2v) is 2.25. The third-order valence-electron chi connectivity index (χ3n) is 1.55. The van der Waals surface area contributed by atoms with Crippen LogP contribution in [0.25, 0.3) is 11.0 Å². The number of rotatable bonds is 0. The predicted octanol–water partition coefficient (Wildman–Crippen LogP) is 1.84. The van der Waals surface area contributed by atoms with E-state index in [4.69, 9.17) is 14.6 Å². The van der Waals surface area contributed by atoms with Gasteiger partial charge in [0.05, 0.1) is 5.39 Å². The number of benzene rings is 1. The van der Waals surface area contributed by atoms with Gasteiger partial charge in [0.15, 0.2) is 0 Å². The molecule has 0 radical (unpaired) electrons. The van der Waals surface area contributed by atoms with Gasteiger partial charge in [0.1, 0.15) is 5.58 Å². The van der Waals surface area contributed by atoms with Crippen LogP contribution in [0.2, 0.25) is 0 Å². The number of hydrogen-bond acceptors (Lipinski definition) is 3. The van der Waals surface area contributed by atoms with E-state index in [0.717, 1.165) is 0 Å². The number of furan rings is 1. The predicted molar refractivity (Wildman–Crippen MR) is 39.5 cm³/mol. The lowest BCUT2D eigenvalue weighted by Gasteiger charge is -1.83. The third-order valence-corrected chi connectivity index (χ3v) is 1.55. The highest BCUT2D eigenvalue weighted by atomic mass is 16.5. The van der Waals surface area contributed by atoms with Crippen LogP contribution in [0.15, 0.2) is 28.7 Å². The molecule has 0 fully saturated rings. The first-order valence-corrected chi connectivity index (χ1v) is 3.18. The van der Waals surface area contributed by atoms with Crippen molar-refractivity contribution in [2.45, 2.75) is 0 Å². The minimum Gasteiger partial charge on any atom is -0.501 e. The average molecular weight is 150 g/mol. The summed E-state index contributed by atoms with van der Waals surface area (Å²) >= 11 is 0. The highest BCUT2D eigenvalue weighted by Gasteiger charge is 2.09. The molecule has 0 aliphatic heterocycles. The monoisotopic (exact) mass is 150 g/mol. The first-order valence-electron chi connectivity index (χ1n) is 3.18. The standard InChI is InChI=1S/C8H6O3/c9-7-5-3-1-2-4-6(5)11-8(7)10/h1-4,9-10H. The van der Waals surface area contributed by atoms with Crippen molar-refractivity contribution in [1.82, 2.24) is 0 Å². The first-order chi connectivity index (χ1) is 5.29. The summed E-state index contributed by atoms with van der Waals surface area (Å²) in [5.41, 5.74) is 0.488. The molecule has 2 N–H and O–H groups in total. The summed E-state index contributed by atoms with van der Waals surface area (Å²) in [5.74, 6) is -0.619. The van der Waals surface area contributed by atoms with E-state index in [2.05, 4.69) is 0 Å². The topological polar surface area (TPSA) is 53.6 Å². The lowest BCUT2D eigenvalue weighted by atomic mass is 10.2. The highest BCUT2D eigenvalue weighted by molar-refractivity contribution is 5.85. The Morgan fingerprint density at radius 2 is 1.82 bits per heavy atom. The van der Waals surface area contributed by atoms with Crippen LogP contribution in [-0.4, -0.2) is 10.2 Å². The van der Waals surface area contributed by atoms with Crippen LogP contribution in [-0.2, 0) is 0 Å². The molecule has 0 aliphatic rings. The summed E-state index contributed by atoms with van der Waals surface area (Å²) in [4.78, 5) is 0. The highest BCUT2D eigenvalue weighted by Crippen LogP contribution is 2.36. The number of fused-ring (bicyclic) bond motifs is 1. The van der Waals surface area contributed by atoms with Gasteiger partial charge in [-0.25, -0.2) is 0 Å². The maximum Gasteiger partial charge on any atom is 0.327 e. The summed E-state index contributed by atoms with van der Waals surface area (Å²) in [5, 5.41) is 18.6. The summed E-state index contributed by atoms with van der Waals surface area (Å²) in [6.07, 6.45) is 0. The van der Waals surface area contributed by atoms with Crippen LogP contribution < -0.4 is 0 Å². The SMILES string of the molecule is Oc1oc2ccccc2c1O. The lowest BCUT2D eigenvalue weighted by Crippen LogP contribution is -1.60. The van der Waals surface area contributed by atoms with E-state index in [9.17, 15) is 0 Å². The maximum absolute atomic E-state index is 9.15. The molecule has 3 nitrogen and oxygen atoms in total. The van der Waals surface area contributed by atoms with Crippen molar-refractivity contribution in [3.05, 3.63) is 24.3 Å². The second-order valence-electron chi connectivity index (χ2n) is 2.25. The lowest BCUT2D eigenvalue weighted by molar-refractivity contribution is 0.316. The fourth-order valence-corrected chi connectivity index (χ4v) is 1.02. The van der Waals surface area contributed by atoms with Gasteiger partial charge in [-0.15, -0.1) is 0 Å². The molecule has 11 heavy (non-hydrogen) atoms. The Labute approximate surface area is 62.5 Å². The van der Waals surface area contributed by atoms with Crippen molar-refractivity contribution < 1.29 is 14.6 Å². The van der Waals surface area contributed by atoms with Crippen molar-refractivity contribution in [2.75, 3.05) is 0 Å². The van der Waals surface area contributed by atoms with E-state index in [-0.39, 0.29) is 5.75 Å². The van der Waals surface area contributed by atoms with Gasteiger partial charge < -0.3 is 14.6 Å². The first kappa shape index (κ1) is 6.09. The molecule has 0 bridgehead atoms. The Morgan fingerprint density at radius 1 is 1.09 bits per heavy atom. The molecule has 1 aromatic heterocycles. The molecule has 1 heterocycles. The van der Waals surface area contributed by atoms with Crippen LogP contribution in [0.5, 0.6) is 11.7 Å². The van der Waals surface area contributed by atoms with Gasteiger partial charge >= 0.3 is 5.95 Å². The molecule has 1 aromatic carbocycles. The third kappa shape index (κ3) is 0.741. The summed E-state index contributed by atoms with van der Waals surface area (Å²) in [6, 6.07) is 6.88. The van der Waals surface area contributed by atoms with E-state index in [1.165, 1.54) is 0 Å². The van der Waals surface area contributed by atoms with Crippen LogP contribution in [0.4, 0.5) is 0 Å². The minimum absolute atomic E-state index is 0.194. The van der Waals surface area contributed by atoms with E-state index in [1.807, 2.05) is 0 Å². The van der Waals surface area contributed by atoms with Gasteiger partial charge in [-0.2, -0.15) is 0 Å². The van der Waals surface area contributed by atoms with Gasteiger partial charge in [0.2, 0.25) is 5.75 Å². The van der Waals surface area contributed by atoms with Crippen molar-refractivity contribution in [1.29, 1.82) is 0 Å². The molecule has 0 spiro atoms. The molecule has 2 aromatic rings. The molecule has 3 heteroatoms. The fraction of sp³-hybridized carbons (Fsp3) is 0. The Kier molecular flexibility index (Phi) is 1.06. The minimum atomic E-state index is -0.425. The van der Waals surface area contributed by atoms with Crippen molar-refractivity contribution in [2.24, 2.45) is 0 Å². The number of aromatic hydroxyl groups is 2. The summed E-state index contributed by atoms with van der Waals surface area (Å²) in [6.45, 7) is 0. The molecule has 0 unspecified atom stereocenters. The quantitative estimate of drug-likeness (QED) is 0.602. The summed E-state index contributed by atoms with van der Waals surface area (Å²) in [7, 11) is 0. The van der Waals surface area contributed by atoms with E-state index in [1.54, 1.807) is 24.3 Å². The Balaban J connectivity index is 2.92. The second kappa shape index (κ2) is 1.92. The molecule has 0 saturated heterocycles. The van der Waals surface area contributed by atoms with Crippen molar-refractivity contribution in [3.63, 3.8) is 0 Å². The van der Waals surface area contributed by atoms with Gasteiger partial charge in [-0.3, -0.25) is 0 Å². The summed E-state index contributed by atoms with van der Waals surface area (Å²) < 4.78 is 4.80. The van der Waals surface area contributed by atoms with E-state index < -0.39 is 5.95 Å². The van der Waals surface area contributed by atoms with Crippen molar-refractivity contribution in [3.8, 4) is 11.7 Å². The molecule has 0 atom stereocenters. The van der Waals surface area contributed by atoms with Gasteiger partial charge in [0.25, 0.3) is 0 Å². The Bertz CT molecular complexity index is 389. The van der Waals surface area contributed by atoms with Gasteiger partial charge in [-0.1, -0.05) is 12.1 Å². The molecular formula is C8H6O3. The van der Waals surface area contributed by atoms with Crippen LogP contribution in [0.1, 0.15) is 0 Å². The number of para-hydroxylation sites is 1. The number of hydrogen-bond donors (Lipinski definition) is 2. The molecule has 0 aliphatic carbocycles. The normalized spacial score (nSPS) is 10.5. The van der Waals surface area contributed by atoms with Gasteiger partial charge in [-0.05, 0) is 12.1 Å². The van der Waals surface area contributed by atoms with Crippen molar-refractivity contribution >= 4 is 11.0 Å². The molecule has 2 rings (SSSR count). The average Bonchev–Trinajstić information content (AvgIpc) is 2.30. The van der Waals surface area contributed by atoms with Crippen LogP contribution >= 0.6 is 0 Å². The Hall–Kier alpha value is -1.64. The molecule has 0 amide bonds. The molecule has 56 valence electrons. The maximum atomic E-state index is 9.15. The van der Waals surface area contributed by atoms with Gasteiger partial charge in [0, 0.05) is 0 Å². The van der Waals surface area contributed by atoms with E-state index >= 15 is 0 Å². The smallest absolute Gasteiger partial charge is 0.327 e. The molecule has 0 saturated carbocycles. The zero-order valence-electron chi connectivity index (χ0n) is 5.61. The van der Waals surface area contributed by atoms with Crippen LogP contribution in [0.3, 0.4) is 0 Å². The van der Waals surface area contributed by atoms with E-state index in [0.29, 0.717) is 11.0 Å². The van der Waals surface area contributed by atoms with Crippen LogP contribution in [0, 0.1) is 0 Å². The zero-order chi connectivity index (χ0) is 7.84. The largest absolute Gasteiger partial charge is 0.501 e. The zero-order valence-corrected chi connectivity index (χ0v) is 5.61. The molecular weight excluding hydrogens is 144 g/mol. The fourth-order valence-electron chi connectivity index (χ4n) is 1.02. The Morgan fingerprint density at radius 3 is 2.55 bits per heavy atom.